The lowest BCUT2D eigenvalue weighted by Crippen LogP contribution is -2.35. The maximum atomic E-state index is 6.14. The molecule has 0 aromatic carbocycles. The second-order valence-electron chi connectivity index (χ2n) is 5.46. The van der Waals surface area contributed by atoms with E-state index in [4.69, 9.17) is 5.73 Å². The molecule has 4 nitrogen and oxygen atoms in total. The van der Waals surface area contributed by atoms with Gasteiger partial charge in [0.05, 0.1) is 11.9 Å². The van der Waals surface area contributed by atoms with Crippen molar-refractivity contribution in [2.75, 3.05) is 0 Å². The smallest absolute Gasteiger partial charge is 0.0725 e. The first-order valence-corrected chi connectivity index (χ1v) is 6.08. The molecule has 2 N–H and O–H groups in total. The molecule has 0 saturated carbocycles. The van der Waals surface area contributed by atoms with Gasteiger partial charge >= 0.3 is 0 Å². The topological polar surface area (TPSA) is 56.7 Å². The first-order valence-electron chi connectivity index (χ1n) is 6.08. The van der Waals surface area contributed by atoms with E-state index in [1.165, 1.54) is 5.69 Å². The Balaban J connectivity index is 2.51. The molecule has 0 aliphatic carbocycles. The third-order valence-corrected chi connectivity index (χ3v) is 2.96. The Kier molecular flexibility index (Phi) is 4.47. The van der Waals surface area contributed by atoms with Crippen LogP contribution in [0.1, 0.15) is 46.2 Å². The molecule has 0 saturated heterocycles. The summed E-state index contributed by atoms with van der Waals surface area (Å²) < 4.78 is 1.98. The fourth-order valence-electron chi connectivity index (χ4n) is 1.61. The first kappa shape index (κ1) is 13.2. The predicted octanol–water partition coefficient (Wildman–Crippen LogP) is 1.99. The number of aromatic nitrogens is 3. The van der Waals surface area contributed by atoms with Crippen molar-refractivity contribution < 1.29 is 0 Å². The van der Waals surface area contributed by atoms with E-state index >= 15 is 0 Å². The summed E-state index contributed by atoms with van der Waals surface area (Å²) in [5.41, 5.74) is 7.51. The van der Waals surface area contributed by atoms with Crippen LogP contribution in [0.4, 0.5) is 0 Å². The monoisotopic (exact) mass is 224 g/mol. The highest BCUT2D eigenvalue weighted by molar-refractivity contribution is 4.95. The van der Waals surface area contributed by atoms with Crippen LogP contribution < -0.4 is 5.73 Å². The molecule has 1 heterocycles. The fourth-order valence-corrected chi connectivity index (χ4v) is 1.61. The summed E-state index contributed by atoms with van der Waals surface area (Å²) in [7, 11) is 0. The molecule has 16 heavy (non-hydrogen) atoms. The molecule has 0 bridgehead atoms. The van der Waals surface area contributed by atoms with Crippen LogP contribution in [0, 0.1) is 5.41 Å². The van der Waals surface area contributed by atoms with Gasteiger partial charge in [0.1, 0.15) is 0 Å². The zero-order valence-corrected chi connectivity index (χ0v) is 10.9. The number of nitrogens with two attached hydrogens (primary N) is 1. The minimum Gasteiger partial charge on any atom is -0.327 e. The van der Waals surface area contributed by atoms with Crippen molar-refractivity contribution in [3.8, 4) is 0 Å². The van der Waals surface area contributed by atoms with E-state index in [2.05, 4.69) is 38.0 Å². The summed E-state index contributed by atoms with van der Waals surface area (Å²) in [5.74, 6) is 0. The van der Waals surface area contributed by atoms with Gasteiger partial charge in [-0.05, 0) is 24.7 Å². The van der Waals surface area contributed by atoms with Gasteiger partial charge in [0, 0.05) is 12.6 Å². The lowest BCUT2D eigenvalue weighted by Gasteiger charge is -2.26. The van der Waals surface area contributed by atoms with Gasteiger partial charge < -0.3 is 5.73 Å². The van der Waals surface area contributed by atoms with E-state index < -0.39 is 0 Å². The molecular weight excluding hydrogens is 200 g/mol. The highest BCUT2D eigenvalue weighted by Crippen LogP contribution is 2.21. The van der Waals surface area contributed by atoms with Gasteiger partial charge in [-0.15, -0.1) is 5.10 Å². The summed E-state index contributed by atoms with van der Waals surface area (Å²) in [6.07, 6.45) is 4.89. The van der Waals surface area contributed by atoms with E-state index in [0.29, 0.717) is 0 Å². The predicted molar refractivity (Wildman–Crippen MR) is 66.1 cm³/mol. The summed E-state index contributed by atoms with van der Waals surface area (Å²) >= 11 is 0. The van der Waals surface area contributed by atoms with Crippen LogP contribution in [-0.2, 0) is 13.0 Å². The van der Waals surface area contributed by atoms with Crippen molar-refractivity contribution in [1.29, 1.82) is 0 Å². The molecule has 1 aromatic heterocycles. The largest absolute Gasteiger partial charge is 0.327 e. The van der Waals surface area contributed by atoms with E-state index in [1.807, 2.05) is 10.9 Å². The van der Waals surface area contributed by atoms with Crippen molar-refractivity contribution >= 4 is 0 Å². The van der Waals surface area contributed by atoms with E-state index in [0.717, 1.165) is 25.8 Å². The summed E-state index contributed by atoms with van der Waals surface area (Å²) in [6, 6.07) is 0.220. The highest BCUT2D eigenvalue weighted by atomic mass is 15.4. The number of hydrogen-bond acceptors (Lipinski definition) is 3. The Morgan fingerprint density at radius 3 is 2.69 bits per heavy atom. The molecule has 0 spiro atoms. The Hall–Kier alpha value is -0.900. The maximum absolute atomic E-state index is 6.14. The molecule has 92 valence electrons. The van der Waals surface area contributed by atoms with Gasteiger partial charge in [0.15, 0.2) is 0 Å². The van der Waals surface area contributed by atoms with Crippen LogP contribution in [-0.4, -0.2) is 21.0 Å². The van der Waals surface area contributed by atoms with Gasteiger partial charge in [-0.3, -0.25) is 0 Å². The van der Waals surface area contributed by atoms with Crippen LogP contribution >= 0.6 is 0 Å². The molecule has 1 rings (SSSR count). The second kappa shape index (κ2) is 5.43. The normalized spacial score (nSPS) is 14.1. The fraction of sp³-hybridized carbons (Fsp3) is 0.833. The van der Waals surface area contributed by atoms with Gasteiger partial charge in [-0.25, -0.2) is 4.68 Å². The van der Waals surface area contributed by atoms with Crippen molar-refractivity contribution in [3.63, 3.8) is 0 Å². The van der Waals surface area contributed by atoms with E-state index in [-0.39, 0.29) is 11.5 Å². The maximum Gasteiger partial charge on any atom is 0.0725 e. The summed E-state index contributed by atoms with van der Waals surface area (Å²) in [4.78, 5) is 0. The van der Waals surface area contributed by atoms with Crippen LogP contribution in [0.3, 0.4) is 0 Å². The quantitative estimate of drug-likeness (QED) is 0.832. The van der Waals surface area contributed by atoms with Crippen molar-refractivity contribution in [2.45, 2.75) is 59.5 Å². The molecule has 0 aliphatic heterocycles. The molecule has 0 aliphatic rings. The van der Waals surface area contributed by atoms with Crippen molar-refractivity contribution in [2.24, 2.45) is 11.1 Å². The second-order valence-corrected chi connectivity index (χ2v) is 5.46. The lowest BCUT2D eigenvalue weighted by molar-refractivity contribution is 0.304. The molecule has 1 atom stereocenters. The summed E-state index contributed by atoms with van der Waals surface area (Å²) in [6.45, 7) is 9.63. The lowest BCUT2D eigenvalue weighted by atomic mass is 9.84. The molecule has 0 amide bonds. The van der Waals surface area contributed by atoms with E-state index in [9.17, 15) is 0 Å². The summed E-state index contributed by atoms with van der Waals surface area (Å²) in [5, 5.41) is 8.02. The van der Waals surface area contributed by atoms with Crippen LogP contribution in [0.15, 0.2) is 6.20 Å². The first-order chi connectivity index (χ1) is 7.45. The molecule has 0 fully saturated rings. The average Bonchev–Trinajstić information content (AvgIpc) is 2.61. The molecule has 1 aromatic rings. The van der Waals surface area contributed by atoms with E-state index in [1.54, 1.807) is 0 Å². The number of nitrogens with zero attached hydrogens (tertiary/aromatic N) is 3. The molecule has 1 unspecified atom stereocenters. The molecular formula is C12H24N4. The standard InChI is InChI=1S/C12H24N4/c1-5-8-16-10(9-14-15-16)6-7-11(13)12(2,3)4/h9,11H,5-8,13H2,1-4H3. The minimum absolute atomic E-state index is 0.170. The Labute approximate surface area is 98.2 Å². The number of hydrogen-bond donors (Lipinski definition) is 1. The SMILES string of the molecule is CCCn1nncc1CCC(N)C(C)(C)C. The average molecular weight is 224 g/mol. The van der Waals surface area contributed by atoms with Gasteiger partial charge in [0.25, 0.3) is 0 Å². The van der Waals surface area contributed by atoms with Crippen molar-refractivity contribution in [1.82, 2.24) is 15.0 Å². The number of rotatable bonds is 5. The zero-order valence-electron chi connectivity index (χ0n) is 10.9. The van der Waals surface area contributed by atoms with Crippen molar-refractivity contribution in [3.05, 3.63) is 11.9 Å². The molecule has 0 radical (unpaired) electrons. The van der Waals surface area contributed by atoms with Gasteiger partial charge in [-0.2, -0.15) is 0 Å². The number of aryl methyl sites for hydroxylation is 2. The van der Waals surface area contributed by atoms with Crippen LogP contribution in [0.5, 0.6) is 0 Å². The third kappa shape index (κ3) is 3.59. The minimum atomic E-state index is 0.170. The Morgan fingerprint density at radius 2 is 2.12 bits per heavy atom. The zero-order chi connectivity index (χ0) is 12.2. The van der Waals surface area contributed by atoms with Gasteiger partial charge in [-0.1, -0.05) is 32.9 Å². The van der Waals surface area contributed by atoms with Crippen LogP contribution in [0.2, 0.25) is 0 Å². The van der Waals surface area contributed by atoms with Gasteiger partial charge in [0.2, 0.25) is 0 Å². The Morgan fingerprint density at radius 1 is 1.44 bits per heavy atom. The Bertz CT molecular complexity index is 311. The molecule has 4 heteroatoms. The third-order valence-electron chi connectivity index (χ3n) is 2.96. The van der Waals surface area contributed by atoms with Crippen LogP contribution in [0.25, 0.3) is 0 Å². The highest BCUT2D eigenvalue weighted by Gasteiger charge is 2.20.